The number of methoxy groups -OCH3 is 2. The SMILES string of the molecule is COc1ccc(OC)c([C@@H](C)NC(=O)c2cc(S(=O)(=O)N3CCCC3)ccc2Cl)c1. The standard InChI is InChI=1S/C21H25ClN2O5S/c1-14(17-12-15(28-2)6-9-20(17)29-3)23-21(25)18-13-16(7-8-19(18)22)30(26,27)24-10-4-5-11-24/h6-9,12-14H,4-5,10-11H2,1-3H3,(H,23,25)/t14-/m1/s1. The summed E-state index contributed by atoms with van der Waals surface area (Å²) < 4.78 is 37.7. The highest BCUT2D eigenvalue weighted by atomic mass is 35.5. The van der Waals surface area contributed by atoms with Gasteiger partial charge in [-0.15, -0.1) is 0 Å². The molecule has 0 saturated carbocycles. The minimum Gasteiger partial charge on any atom is -0.497 e. The number of ether oxygens (including phenoxy) is 2. The van der Waals surface area contributed by atoms with Gasteiger partial charge in [-0.1, -0.05) is 11.6 Å². The van der Waals surface area contributed by atoms with Crippen LogP contribution in [0.1, 0.15) is 41.7 Å². The molecule has 0 aliphatic carbocycles. The number of benzene rings is 2. The summed E-state index contributed by atoms with van der Waals surface area (Å²) in [7, 11) is -0.552. The van der Waals surface area contributed by atoms with Gasteiger partial charge >= 0.3 is 0 Å². The van der Waals surface area contributed by atoms with Crippen LogP contribution in [0, 0.1) is 0 Å². The van der Waals surface area contributed by atoms with Gasteiger partial charge in [0.1, 0.15) is 11.5 Å². The number of rotatable bonds is 7. The van der Waals surface area contributed by atoms with Gasteiger partial charge in [0.05, 0.1) is 35.7 Å². The minimum absolute atomic E-state index is 0.0607. The maximum atomic E-state index is 12.9. The van der Waals surface area contributed by atoms with Crippen molar-refractivity contribution in [2.75, 3.05) is 27.3 Å². The molecule has 0 aromatic heterocycles. The fourth-order valence-corrected chi connectivity index (χ4v) is 5.19. The first kappa shape index (κ1) is 22.4. The molecule has 1 amide bonds. The van der Waals surface area contributed by atoms with Crippen molar-refractivity contribution in [1.82, 2.24) is 9.62 Å². The predicted molar refractivity (Wildman–Crippen MR) is 115 cm³/mol. The van der Waals surface area contributed by atoms with E-state index < -0.39 is 22.0 Å². The lowest BCUT2D eigenvalue weighted by Crippen LogP contribution is -2.29. The van der Waals surface area contributed by atoms with Gasteiger partial charge in [0.25, 0.3) is 5.91 Å². The summed E-state index contributed by atoms with van der Waals surface area (Å²) in [6.07, 6.45) is 1.67. The van der Waals surface area contributed by atoms with E-state index in [-0.39, 0.29) is 15.5 Å². The third-order valence-electron chi connectivity index (χ3n) is 5.14. The van der Waals surface area contributed by atoms with Crippen molar-refractivity contribution in [2.24, 2.45) is 0 Å². The number of hydrogen-bond donors (Lipinski definition) is 1. The summed E-state index contributed by atoms with van der Waals surface area (Å²) in [5.74, 6) is 0.750. The average Bonchev–Trinajstić information content (AvgIpc) is 3.29. The van der Waals surface area contributed by atoms with Crippen molar-refractivity contribution in [3.63, 3.8) is 0 Å². The number of nitrogens with zero attached hydrogens (tertiary/aromatic N) is 1. The number of carbonyl (C=O) groups excluding carboxylic acids is 1. The molecule has 1 saturated heterocycles. The number of sulfonamides is 1. The van der Waals surface area contributed by atoms with Crippen LogP contribution in [0.25, 0.3) is 0 Å². The third kappa shape index (κ3) is 4.55. The van der Waals surface area contributed by atoms with Gasteiger partial charge in [-0.25, -0.2) is 8.42 Å². The maximum Gasteiger partial charge on any atom is 0.253 e. The molecule has 0 spiro atoms. The highest BCUT2D eigenvalue weighted by molar-refractivity contribution is 7.89. The first-order valence-electron chi connectivity index (χ1n) is 9.60. The topological polar surface area (TPSA) is 84.9 Å². The summed E-state index contributed by atoms with van der Waals surface area (Å²) in [4.78, 5) is 13.0. The zero-order valence-electron chi connectivity index (χ0n) is 17.1. The lowest BCUT2D eigenvalue weighted by atomic mass is 10.1. The highest BCUT2D eigenvalue weighted by Crippen LogP contribution is 2.30. The molecule has 1 fully saturated rings. The van der Waals surface area contributed by atoms with Crippen LogP contribution in [0.15, 0.2) is 41.3 Å². The van der Waals surface area contributed by atoms with Crippen LogP contribution in [0.5, 0.6) is 11.5 Å². The van der Waals surface area contributed by atoms with Gasteiger partial charge in [0.2, 0.25) is 10.0 Å². The van der Waals surface area contributed by atoms with Crippen LogP contribution in [-0.2, 0) is 10.0 Å². The maximum absolute atomic E-state index is 12.9. The molecule has 0 bridgehead atoms. The van der Waals surface area contributed by atoms with Crippen LogP contribution in [0.3, 0.4) is 0 Å². The summed E-state index contributed by atoms with van der Waals surface area (Å²) >= 11 is 6.22. The molecule has 2 aromatic carbocycles. The van der Waals surface area contributed by atoms with Crippen LogP contribution < -0.4 is 14.8 Å². The van der Waals surface area contributed by atoms with Crippen molar-refractivity contribution >= 4 is 27.5 Å². The van der Waals surface area contributed by atoms with E-state index in [1.807, 2.05) is 0 Å². The second kappa shape index (κ2) is 9.24. The Labute approximate surface area is 182 Å². The number of carbonyl (C=O) groups is 1. The monoisotopic (exact) mass is 452 g/mol. The molecule has 2 aromatic rings. The van der Waals surface area contributed by atoms with E-state index in [9.17, 15) is 13.2 Å². The molecule has 1 N–H and O–H groups in total. The van der Waals surface area contributed by atoms with Crippen LogP contribution in [0.2, 0.25) is 5.02 Å². The number of amides is 1. The van der Waals surface area contributed by atoms with Gasteiger partial charge < -0.3 is 14.8 Å². The van der Waals surface area contributed by atoms with E-state index in [4.69, 9.17) is 21.1 Å². The predicted octanol–water partition coefficient (Wildman–Crippen LogP) is 3.63. The van der Waals surface area contributed by atoms with Crippen molar-refractivity contribution < 1.29 is 22.7 Å². The largest absolute Gasteiger partial charge is 0.497 e. The fraction of sp³-hybridized carbons (Fsp3) is 0.381. The van der Waals surface area contributed by atoms with Gasteiger partial charge in [-0.2, -0.15) is 4.31 Å². The highest BCUT2D eigenvalue weighted by Gasteiger charge is 2.28. The molecular formula is C21H25ClN2O5S. The summed E-state index contributed by atoms with van der Waals surface area (Å²) in [6, 6.07) is 9.07. The Bertz CT molecular complexity index is 1040. The number of nitrogens with one attached hydrogen (secondary N) is 1. The average molecular weight is 453 g/mol. The summed E-state index contributed by atoms with van der Waals surface area (Å²) in [6.45, 7) is 2.77. The lowest BCUT2D eigenvalue weighted by molar-refractivity contribution is 0.0939. The van der Waals surface area contributed by atoms with Crippen molar-refractivity contribution in [3.8, 4) is 11.5 Å². The Balaban J connectivity index is 1.87. The Hall–Kier alpha value is -2.29. The molecular weight excluding hydrogens is 428 g/mol. The van der Waals surface area contributed by atoms with Gasteiger partial charge in [0, 0.05) is 18.7 Å². The molecule has 1 atom stereocenters. The van der Waals surface area contributed by atoms with Gasteiger partial charge in [-0.3, -0.25) is 4.79 Å². The zero-order chi connectivity index (χ0) is 21.9. The van der Waals surface area contributed by atoms with Gasteiger partial charge in [0.15, 0.2) is 0 Å². The van der Waals surface area contributed by atoms with E-state index in [0.717, 1.165) is 18.4 Å². The Kier molecular flexibility index (Phi) is 6.90. The van der Waals surface area contributed by atoms with Crippen LogP contribution >= 0.6 is 11.6 Å². The van der Waals surface area contributed by atoms with E-state index >= 15 is 0 Å². The molecule has 0 radical (unpaired) electrons. The van der Waals surface area contributed by atoms with E-state index in [2.05, 4.69) is 5.32 Å². The quantitative estimate of drug-likeness (QED) is 0.693. The Morgan fingerprint density at radius 3 is 2.43 bits per heavy atom. The first-order chi connectivity index (χ1) is 14.3. The number of halogens is 1. The first-order valence-corrected chi connectivity index (χ1v) is 11.4. The molecule has 1 aliphatic heterocycles. The van der Waals surface area contributed by atoms with Crippen LogP contribution in [-0.4, -0.2) is 45.9 Å². The molecule has 3 rings (SSSR count). The zero-order valence-corrected chi connectivity index (χ0v) is 18.7. The third-order valence-corrected chi connectivity index (χ3v) is 7.36. The minimum atomic E-state index is -3.65. The second-order valence-electron chi connectivity index (χ2n) is 7.06. The molecule has 1 heterocycles. The smallest absolute Gasteiger partial charge is 0.253 e. The lowest BCUT2D eigenvalue weighted by Gasteiger charge is -2.19. The van der Waals surface area contributed by atoms with Crippen LogP contribution in [0.4, 0.5) is 0 Å². The summed E-state index contributed by atoms with van der Waals surface area (Å²) in [5, 5.41) is 3.04. The van der Waals surface area contributed by atoms with E-state index in [1.165, 1.54) is 22.5 Å². The molecule has 162 valence electrons. The van der Waals surface area contributed by atoms with Crippen molar-refractivity contribution in [2.45, 2.75) is 30.7 Å². The van der Waals surface area contributed by atoms with Crippen molar-refractivity contribution in [1.29, 1.82) is 0 Å². The summed E-state index contributed by atoms with van der Waals surface area (Å²) in [5.41, 5.74) is 0.827. The Morgan fingerprint density at radius 1 is 1.10 bits per heavy atom. The van der Waals surface area contributed by atoms with Gasteiger partial charge in [-0.05, 0) is 56.2 Å². The molecule has 9 heteroatoms. The molecule has 7 nitrogen and oxygen atoms in total. The Morgan fingerprint density at radius 2 is 1.80 bits per heavy atom. The molecule has 30 heavy (non-hydrogen) atoms. The molecule has 0 unspecified atom stereocenters. The number of hydrogen-bond acceptors (Lipinski definition) is 5. The van der Waals surface area contributed by atoms with E-state index in [0.29, 0.717) is 24.6 Å². The normalized spacial score (nSPS) is 15.6. The fourth-order valence-electron chi connectivity index (χ4n) is 3.45. The molecule has 1 aliphatic rings. The van der Waals surface area contributed by atoms with E-state index in [1.54, 1.807) is 39.3 Å². The van der Waals surface area contributed by atoms with Crippen molar-refractivity contribution in [3.05, 3.63) is 52.5 Å². The second-order valence-corrected chi connectivity index (χ2v) is 9.40.